The van der Waals surface area contributed by atoms with Crippen LogP contribution in [-0.2, 0) is 19.3 Å². The summed E-state index contributed by atoms with van der Waals surface area (Å²) in [7, 11) is -3.87. The van der Waals surface area contributed by atoms with Gasteiger partial charge in [-0.3, -0.25) is 0 Å². The third-order valence-electron chi connectivity index (χ3n) is 3.98. The molecule has 0 saturated carbocycles. The number of halogens is 5. The van der Waals surface area contributed by atoms with Crippen molar-refractivity contribution in [1.29, 1.82) is 0 Å². The number of hydrogen-bond donors (Lipinski definition) is 0. The minimum atomic E-state index is -5.70. The van der Waals surface area contributed by atoms with E-state index in [0.717, 1.165) is 0 Å². The van der Waals surface area contributed by atoms with Crippen LogP contribution in [0, 0.1) is 0 Å². The Morgan fingerprint density at radius 1 is 1.14 bits per heavy atom. The van der Waals surface area contributed by atoms with Crippen molar-refractivity contribution in [1.82, 2.24) is 4.90 Å². The summed E-state index contributed by atoms with van der Waals surface area (Å²) in [6.45, 7) is 5.60. The van der Waals surface area contributed by atoms with Crippen molar-refractivity contribution in [3.05, 3.63) is 0 Å². The number of amides is 1. The summed E-state index contributed by atoms with van der Waals surface area (Å²) < 4.78 is 96.6. The molecule has 0 N–H and O–H groups in total. The van der Waals surface area contributed by atoms with Gasteiger partial charge in [0, 0.05) is 13.0 Å². The van der Waals surface area contributed by atoms with Crippen molar-refractivity contribution in [2.45, 2.75) is 63.8 Å². The number of morpholine rings is 1. The molecule has 1 atom stereocenters. The second-order valence-corrected chi connectivity index (χ2v) is 9.95. The smallest absolute Gasteiger partial charge is 0.444 e. The highest BCUT2D eigenvalue weighted by Gasteiger charge is 2.56. The van der Waals surface area contributed by atoms with Gasteiger partial charge in [0.25, 0.3) is 0 Å². The number of rotatable bonds is 7. The van der Waals surface area contributed by atoms with E-state index in [0.29, 0.717) is 0 Å². The molecule has 1 rings (SSSR count). The van der Waals surface area contributed by atoms with Crippen LogP contribution in [0.25, 0.3) is 0 Å². The molecule has 1 aliphatic heterocycles. The van der Waals surface area contributed by atoms with Crippen LogP contribution >= 0.6 is 0 Å². The molecule has 1 aliphatic rings. The lowest BCUT2D eigenvalue weighted by molar-refractivity contribution is -0.284. The number of nitrogens with zero attached hydrogens (tertiary/aromatic N) is 1. The lowest BCUT2D eigenvalue weighted by atomic mass is 10.2. The molecule has 6 nitrogen and oxygen atoms in total. The fraction of sp³-hybridized carbons (Fsp3) is 0.938. The summed E-state index contributed by atoms with van der Waals surface area (Å²) >= 11 is 0. The van der Waals surface area contributed by atoms with Gasteiger partial charge in [-0.1, -0.05) is 0 Å². The van der Waals surface area contributed by atoms with E-state index >= 15 is 0 Å². The van der Waals surface area contributed by atoms with Gasteiger partial charge in [0.1, 0.15) is 15.4 Å². The molecule has 1 heterocycles. The molecular weight excluding hydrogens is 413 g/mol. The SMILES string of the molecule is CC(C)(C)OC(=O)N1CCOCC1CCS(=O)(=O)CCCC(F)(F)C(F)(F)F. The molecule has 0 aromatic rings. The molecule has 0 aliphatic carbocycles. The standard InChI is InChI=1S/C16H26F5NO5S/c1-14(2,3)27-13(23)22-7-8-26-11-12(22)5-10-28(24,25)9-4-6-15(17,18)16(19,20)21/h12H,4-11H2,1-3H3. The molecule has 0 spiro atoms. The lowest BCUT2D eigenvalue weighted by Crippen LogP contribution is -2.50. The average molecular weight is 439 g/mol. The summed E-state index contributed by atoms with van der Waals surface area (Å²) in [5.41, 5.74) is -0.740. The van der Waals surface area contributed by atoms with Crippen LogP contribution < -0.4 is 0 Å². The minimum absolute atomic E-state index is 0.0305. The van der Waals surface area contributed by atoms with E-state index < -0.39 is 64.0 Å². The Morgan fingerprint density at radius 2 is 1.75 bits per heavy atom. The van der Waals surface area contributed by atoms with Gasteiger partial charge in [-0.05, 0) is 33.6 Å². The first kappa shape index (κ1) is 24.9. The van der Waals surface area contributed by atoms with Crippen LogP contribution in [0.15, 0.2) is 0 Å². The zero-order valence-electron chi connectivity index (χ0n) is 16.0. The van der Waals surface area contributed by atoms with Crippen LogP contribution in [0.5, 0.6) is 0 Å². The largest absolute Gasteiger partial charge is 0.453 e. The highest BCUT2D eigenvalue weighted by molar-refractivity contribution is 7.91. The van der Waals surface area contributed by atoms with Crippen molar-refractivity contribution < 1.29 is 44.6 Å². The Bertz CT molecular complexity index is 630. The number of sulfone groups is 1. The molecule has 0 bridgehead atoms. The van der Waals surface area contributed by atoms with Gasteiger partial charge in [-0.25, -0.2) is 13.2 Å². The number of alkyl halides is 5. The maximum Gasteiger partial charge on any atom is 0.453 e. The first-order valence-corrected chi connectivity index (χ1v) is 10.6. The predicted octanol–water partition coefficient (Wildman–Crippen LogP) is 3.41. The molecule has 0 aromatic carbocycles. The summed E-state index contributed by atoms with van der Waals surface area (Å²) in [5.74, 6) is -6.18. The van der Waals surface area contributed by atoms with Crippen LogP contribution in [0.2, 0.25) is 0 Å². The molecular formula is C16H26F5NO5S. The molecule has 1 saturated heterocycles. The number of ether oxygens (including phenoxy) is 2. The predicted molar refractivity (Wildman–Crippen MR) is 91.1 cm³/mol. The van der Waals surface area contributed by atoms with E-state index in [1.54, 1.807) is 20.8 Å². The Kier molecular flexibility index (Phi) is 8.08. The van der Waals surface area contributed by atoms with E-state index in [9.17, 15) is 35.2 Å². The van der Waals surface area contributed by atoms with Gasteiger partial charge in [0.2, 0.25) is 0 Å². The van der Waals surface area contributed by atoms with Gasteiger partial charge < -0.3 is 14.4 Å². The van der Waals surface area contributed by atoms with E-state index in [4.69, 9.17) is 9.47 Å². The van der Waals surface area contributed by atoms with Crippen molar-refractivity contribution in [2.24, 2.45) is 0 Å². The molecule has 1 unspecified atom stereocenters. The van der Waals surface area contributed by atoms with Crippen molar-refractivity contribution in [3.8, 4) is 0 Å². The summed E-state index contributed by atoms with van der Waals surface area (Å²) in [6.07, 6.45) is -8.76. The van der Waals surface area contributed by atoms with Crippen LogP contribution in [0.3, 0.4) is 0 Å². The van der Waals surface area contributed by atoms with E-state index in [1.165, 1.54) is 4.90 Å². The third-order valence-corrected chi connectivity index (χ3v) is 5.75. The van der Waals surface area contributed by atoms with Gasteiger partial charge in [0.05, 0.1) is 30.8 Å². The third kappa shape index (κ3) is 8.06. The zero-order valence-corrected chi connectivity index (χ0v) is 16.8. The fourth-order valence-electron chi connectivity index (χ4n) is 2.53. The molecule has 1 fully saturated rings. The average Bonchev–Trinajstić information content (AvgIpc) is 2.50. The second-order valence-electron chi connectivity index (χ2n) is 7.65. The molecule has 0 radical (unpaired) electrons. The summed E-state index contributed by atoms with van der Waals surface area (Å²) in [5, 5.41) is 0. The van der Waals surface area contributed by atoms with Gasteiger partial charge >= 0.3 is 18.2 Å². The zero-order chi connectivity index (χ0) is 21.8. The normalized spacial score (nSPS) is 19.6. The van der Waals surface area contributed by atoms with Gasteiger partial charge in [-0.15, -0.1) is 0 Å². The van der Waals surface area contributed by atoms with Crippen LogP contribution in [0.4, 0.5) is 26.7 Å². The van der Waals surface area contributed by atoms with E-state index in [1.807, 2.05) is 0 Å². The number of carbonyl (C=O) groups is 1. The highest BCUT2D eigenvalue weighted by Crippen LogP contribution is 2.38. The highest BCUT2D eigenvalue weighted by atomic mass is 32.2. The number of hydrogen-bond acceptors (Lipinski definition) is 5. The molecule has 28 heavy (non-hydrogen) atoms. The van der Waals surface area contributed by atoms with E-state index in [-0.39, 0.29) is 26.2 Å². The van der Waals surface area contributed by atoms with Crippen molar-refractivity contribution in [3.63, 3.8) is 0 Å². The Hall–Kier alpha value is -1.17. The summed E-state index contributed by atoms with van der Waals surface area (Å²) in [6, 6.07) is -0.588. The Balaban J connectivity index is 2.58. The lowest BCUT2D eigenvalue weighted by Gasteiger charge is -2.36. The first-order valence-electron chi connectivity index (χ1n) is 8.76. The van der Waals surface area contributed by atoms with E-state index in [2.05, 4.69) is 0 Å². The first-order chi connectivity index (χ1) is 12.5. The van der Waals surface area contributed by atoms with Crippen molar-refractivity contribution >= 4 is 15.9 Å². The number of carbonyl (C=O) groups excluding carboxylic acids is 1. The molecule has 1 amide bonds. The topological polar surface area (TPSA) is 72.9 Å². The van der Waals surface area contributed by atoms with Crippen LogP contribution in [0.1, 0.15) is 40.0 Å². The summed E-state index contributed by atoms with van der Waals surface area (Å²) in [4.78, 5) is 13.6. The fourth-order valence-corrected chi connectivity index (χ4v) is 3.95. The molecule has 166 valence electrons. The quantitative estimate of drug-likeness (QED) is 0.569. The maximum absolute atomic E-state index is 12.9. The second kappa shape index (κ2) is 9.10. The maximum atomic E-state index is 12.9. The Morgan fingerprint density at radius 3 is 2.29 bits per heavy atom. The van der Waals surface area contributed by atoms with Crippen molar-refractivity contribution in [2.75, 3.05) is 31.3 Å². The van der Waals surface area contributed by atoms with Gasteiger partial charge in [0.15, 0.2) is 0 Å². The molecule has 12 heteroatoms. The van der Waals surface area contributed by atoms with Gasteiger partial charge in [-0.2, -0.15) is 22.0 Å². The molecule has 0 aromatic heterocycles. The minimum Gasteiger partial charge on any atom is -0.444 e. The Labute approximate surface area is 161 Å². The monoisotopic (exact) mass is 439 g/mol. The van der Waals surface area contributed by atoms with Crippen LogP contribution in [-0.4, -0.2) is 74.4 Å².